The van der Waals surface area contributed by atoms with Gasteiger partial charge in [-0.25, -0.2) is 9.97 Å². The Balaban J connectivity index is 1.68. The normalized spacial score (nSPS) is 20.2. The Morgan fingerprint density at radius 1 is 1.03 bits per heavy atom. The number of nitrogens with zero attached hydrogens (tertiary/aromatic N) is 3. The predicted molar refractivity (Wildman–Crippen MR) is 131 cm³/mol. The maximum Gasteiger partial charge on any atom is 0.145 e. The Bertz CT molecular complexity index is 1050. The Morgan fingerprint density at radius 2 is 1.71 bits per heavy atom. The molecule has 2 unspecified atom stereocenters. The SMILES string of the molecule is CC1COCC(C)N1Cc1nc(Nc2ccc(C(C)(C)C)cc2)c2ccc(Br)cc2n1. The van der Waals surface area contributed by atoms with Gasteiger partial charge in [0.15, 0.2) is 0 Å². The zero-order valence-corrected chi connectivity index (χ0v) is 20.5. The van der Waals surface area contributed by atoms with E-state index in [2.05, 4.69) is 97.2 Å². The third-order valence-electron chi connectivity index (χ3n) is 5.89. The highest BCUT2D eigenvalue weighted by Crippen LogP contribution is 2.29. The second-order valence-corrected chi connectivity index (χ2v) is 10.4. The van der Waals surface area contributed by atoms with Crippen LogP contribution in [0.5, 0.6) is 0 Å². The standard InChI is InChI=1S/C25H31BrN4O/c1-16-14-31-15-17(2)30(16)13-23-28-22-12-19(26)8-11-21(22)24(29-23)27-20-9-6-18(7-10-20)25(3,4)5/h6-12,16-17H,13-15H2,1-5H3,(H,27,28,29). The molecular weight excluding hydrogens is 452 g/mol. The van der Waals surface area contributed by atoms with E-state index in [0.717, 1.165) is 45.9 Å². The molecule has 0 saturated carbocycles. The van der Waals surface area contributed by atoms with Crippen LogP contribution in [0.2, 0.25) is 0 Å². The van der Waals surface area contributed by atoms with Gasteiger partial charge in [-0.1, -0.05) is 48.8 Å². The van der Waals surface area contributed by atoms with E-state index >= 15 is 0 Å². The van der Waals surface area contributed by atoms with Crippen LogP contribution in [0, 0.1) is 0 Å². The molecule has 2 heterocycles. The minimum atomic E-state index is 0.130. The van der Waals surface area contributed by atoms with Gasteiger partial charge >= 0.3 is 0 Å². The smallest absolute Gasteiger partial charge is 0.145 e. The van der Waals surface area contributed by atoms with E-state index in [9.17, 15) is 0 Å². The van der Waals surface area contributed by atoms with Gasteiger partial charge in [0, 0.05) is 27.6 Å². The summed E-state index contributed by atoms with van der Waals surface area (Å²) in [7, 11) is 0. The number of aromatic nitrogens is 2. The Hall–Kier alpha value is -2.02. The summed E-state index contributed by atoms with van der Waals surface area (Å²) in [5, 5.41) is 4.54. The molecule has 164 valence electrons. The van der Waals surface area contributed by atoms with Crippen molar-refractivity contribution in [2.75, 3.05) is 18.5 Å². The molecule has 6 heteroatoms. The number of fused-ring (bicyclic) bond motifs is 1. The van der Waals surface area contributed by atoms with Crippen molar-refractivity contribution < 1.29 is 4.74 Å². The highest BCUT2D eigenvalue weighted by atomic mass is 79.9. The van der Waals surface area contributed by atoms with Crippen LogP contribution in [0.3, 0.4) is 0 Å². The van der Waals surface area contributed by atoms with Gasteiger partial charge in [0.2, 0.25) is 0 Å². The first-order valence-electron chi connectivity index (χ1n) is 10.9. The quantitative estimate of drug-likeness (QED) is 0.490. The lowest BCUT2D eigenvalue weighted by atomic mass is 9.87. The average Bonchev–Trinajstić information content (AvgIpc) is 2.70. The van der Waals surface area contributed by atoms with Crippen LogP contribution in [-0.4, -0.2) is 40.2 Å². The first-order valence-corrected chi connectivity index (χ1v) is 11.7. The first-order chi connectivity index (χ1) is 14.7. The number of hydrogen-bond acceptors (Lipinski definition) is 5. The van der Waals surface area contributed by atoms with Crippen LogP contribution < -0.4 is 5.32 Å². The molecule has 1 fully saturated rings. The summed E-state index contributed by atoms with van der Waals surface area (Å²) in [4.78, 5) is 12.2. The third kappa shape index (κ3) is 5.08. The van der Waals surface area contributed by atoms with E-state index in [-0.39, 0.29) is 5.41 Å². The Labute approximate surface area is 193 Å². The molecule has 1 aliphatic rings. The van der Waals surface area contributed by atoms with Gasteiger partial charge < -0.3 is 10.1 Å². The fourth-order valence-electron chi connectivity index (χ4n) is 4.02. The molecule has 1 N–H and O–H groups in total. The topological polar surface area (TPSA) is 50.3 Å². The van der Waals surface area contributed by atoms with Crippen molar-refractivity contribution in [2.24, 2.45) is 0 Å². The number of anilines is 2. The van der Waals surface area contributed by atoms with Crippen LogP contribution in [0.15, 0.2) is 46.9 Å². The van der Waals surface area contributed by atoms with E-state index in [0.29, 0.717) is 18.6 Å². The lowest BCUT2D eigenvalue weighted by Gasteiger charge is -2.38. The number of benzene rings is 2. The van der Waals surface area contributed by atoms with E-state index in [1.165, 1.54) is 5.56 Å². The van der Waals surface area contributed by atoms with Crippen LogP contribution in [0.25, 0.3) is 10.9 Å². The molecule has 5 nitrogen and oxygen atoms in total. The summed E-state index contributed by atoms with van der Waals surface area (Å²) in [5.41, 5.74) is 3.40. The van der Waals surface area contributed by atoms with E-state index in [4.69, 9.17) is 14.7 Å². The summed E-state index contributed by atoms with van der Waals surface area (Å²) >= 11 is 3.58. The predicted octanol–water partition coefficient (Wildman–Crippen LogP) is 6.04. The molecule has 2 atom stereocenters. The molecular formula is C25H31BrN4O. The van der Waals surface area contributed by atoms with Crippen molar-refractivity contribution in [1.29, 1.82) is 0 Å². The van der Waals surface area contributed by atoms with Crippen molar-refractivity contribution in [2.45, 2.75) is 58.7 Å². The molecule has 0 spiro atoms. The van der Waals surface area contributed by atoms with E-state index < -0.39 is 0 Å². The summed E-state index contributed by atoms with van der Waals surface area (Å²) in [6, 6.07) is 15.4. The molecule has 1 aliphatic heterocycles. The number of nitrogens with one attached hydrogen (secondary N) is 1. The lowest BCUT2D eigenvalue weighted by molar-refractivity contribution is -0.0420. The van der Waals surface area contributed by atoms with Crippen LogP contribution in [0.1, 0.15) is 46.0 Å². The molecule has 1 saturated heterocycles. The fraction of sp³-hybridized carbons (Fsp3) is 0.440. The van der Waals surface area contributed by atoms with Gasteiger partial charge in [0.25, 0.3) is 0 Å². The van der Waals surface area contributed by atoms with Crippen molar-refractivity contribution in [1.82, 2.24) is 14.9 Å². The minimum Gasteiger partial charge on any atom is -0.378 e. The van der Waals surface area contributed by atoms with Crippen LogP contribution in [-0.2, 0) is 16.7 Å². The average molecular weight is 483 g/mol. The second kappa shape index (κ2) is 8.85. The molecule has 0 radical (unpaired) electrons. The molecule has 2 aromatic carbocycles. The highest BCUT2D eigenvalue weighted by molar-refractivity contribution is 9.10. The molecule has 0 amide bonds. The maximum atomic E-state index is 5.68. The van der Waals surface area contributed by atoms with Crippen molar-refractivity contribution in [3.05, 3.63) is 58.3 Å². The largest absolute Gasteiger partial charge is 0.378 e. The molecule has 4 rings (SSSR count). The minimum absolute atomic E-state index is 0.130. The highest BCUT2D eigenvalue weighted by Gasteiger charge is 2.26. The fourth-order valence-corrected chi connectivity index (χ4v) is 4.37. The number of halogens is 1. The molecule has 3 aromatic rings. The van der Waals surface area contributed by atoms with Gasteiger partial charge in [-0.15, -0.1) is 0 Å². The summed E-state index contributed by atoms with van der Waals surface area (Å²) in [5.74, 6) is 1.66. The van der Waals surface area contributed by atoms with Gasteiger partial charge in [0.1, 0.15) is 11.6 Å². The first kappa shape index (κ1) is 22.2. The van der Waals surface area contributed by atoms with Gasteiger partial charge in [-0.05, 0) is 55.2 Å². The number of hydrogen-bond donors (Lipinski definition) is 1. The summed E-state index contributed by atoms with van der Waals surface area (Å²) in [6.07, 6.45) is 0. The van der Waals surface area contributed by atoms with Gasteiger partial charge in [-0.3, -0.25) is 4.90 Å². The Morgan fingerprint density at radius 3 is 2.35 bits per heavy atom. The van der Waals surface area contributed by atoms with Gasteiger partial charge in [0.05, 0.1) is 25.3 Å². The summed E-state index contributed by atoms with van der Waals surface area (Å²) < 4.78 is 6.70. The zero-order chi connectivity index (χ0) is 22.2. The van der Waals surface area contributed by atoms with Gasteiger partial charge in [-0.2, -0.15) is 0 Å². The number of rotatable bonds is 4. The molecule has 0 aliphatic carbocycles. The number of morpholine rings is 1. The second-order valence-electron chi connectivity index (χ2n) is 9.51. The van der Waals surface area contributed by atoms with Crippen LogP contribution in [0.4, 0.5) is 11.5 Å². The van der Waals surface area contributed by atoms with Crippen molar-refractivity contribution in [3.63, 3.8) is 0 Å². The van der Waals surface area contributed by atoms with Crippen LogP contribution >= 0.6 is 15.9 Å². The molecule has 1 aromatic heterocycles. The molecule has 31 heavy (non-hydrogen) atoms. The molecule has 0 bridgehead atoms. The number of ether oxygens (including phenoxy) is 1. The monoisotopic (exact) mass is 482 g/mol. The van der Waals surface area contributed by atoms with E-state index in [1.807, 2.05) is 6.07 Å². The lowest BCUT2D eigenvalue weighted by Crippen LogP contribution is -2.49. The zero-order valence-electron chi connectivity index (χ0n) is 18.9. The van der Waals surface area contributed by atoms with Crippen molar-refractivity contribution in [3.8, 4) is 0 Å². The van der Waals surface area contributed by atoms with E-state index in [1.54, 1.807) is 0 Å². The van der Waals surface area contributed by atoms with Crippen molar-refractivity contribution >= 4 is 38.3 Å². The third-order valence-corrected chi connectivity index (χ3v) is 6.39. The summed E-state index contributed by atoms with van der Waals surface area (Å²) in [6.45, 7) is 13.3. The Kier molecular flexibility index (Phi) is 6.33. The maximum absolute atomic E-state index is 5.68.